The maximum atomic E-state index is 4.56. The zero-order valence-electron chi connectivity index (χ0n) is 14.8. The van der Waals surface area contributed by atoms with E-state index < -0.39 is 0 Å². The Morgan fingerprint density at radius 1 is 0.958 bits per heavy atom. The smallest absolute Gasteiger partial charge is 0.176 e. The van der Waals surface area contributed by atoms with E-state index in [1.54, 1.807) is 0 Å². The van der Waals surface area contributed by atoms with Gasteiger partial charge in [-0.1, -0.05) is 31.4 Å². The molecule has 0 N–H and O–H groups in total. The van der Waals surface area contributed by atoms with Crippen molar-refractivity contribution in [2.45, 2.75) is 64.3 Å². The minimum atomic E-state index is 0.0223. The van der Waals surface area contributed by atoms with E-state index in [0.717, 1.165) is 11.5 Å². The summed E-state index contributed by atoms with van der Waals surface area (Å²) in [5.74, 6) is 1.05. The fourth-order valence-electron chi connectivity index (χ4n) is 4.57. The Morgan fingerprint density at radius 2 is 1.71 bits per heavy atom. The summed E-state index contributed by atoms with van der Waals surface area (Å²) in [6.07, 6.45) is 8.84. The van der Waals surface area contributed by atoms with Crippen molar-refractivity contribution in [3.05, 3.63) is 35.2 Å². The largest absolute Gasteiger partial charge is 0.291 e. The van der Waals surface area contributed by atoms with Gasteiger partial charge in [0.2, 0.25) is 0 Å². The van der Waals surface area contributed by atoms with Crippen LogP contribution in [0.2, 0.25) is 0 Å². The minimum Gasteiger partial charge on any atom is -0.291 e. The number of likely N-dealkylation sites (tertiary alicyclic amines) is 1. The molecule has 1 saturated heterocycles. The normalized spacial score (nSPS) is 21.2. The lowest BCUT2D eigenvalue weighted by Gasteiger charge is -2.43. The van der Waals surface area contributed by atoms with Gasteiger partial charge >= 0.3 is 0 Å². The molecule has 2 heterocycles. The lowest BCUT2D eigenvalue weighted by atomic mass is 9.79. The molecule has 24 heavy (non-hydrogen) atoms. The summed E-state index contributed by atoms with van der Waals surface area (Å²) in [6.45, 7) is 6.68. The molecular weight excluding hydrogens is 298 g/mol. The SMILES string of the molecule is Cc1cccc(-n2nnnc2C2(N3CCCC3)CCCCC2)c1C. The van der Waals surface area contributed by atoms with Gasteiger partial charge in [-0.3, -0.25) is 4.90 Å². The number of aryl methyl sites for hydroxylation is 1. The lowest BCUT2D eigenvalue weighted by molar-refractivity contribution is 0.0595. The molecule has 1 saturated carbocycles. The van der Waals surface area contributed by atoms with E-state index in [1.807, 2.05) is 4.68 Å². The zero-order chi connectivity index (χ0) is 16.6. The van der Waals surface area contributed by atoms with Gasteiger partial charge in [-0.15, -0.1) is 5.10 Å². The molecule has 0 bridgehead atoms. The van der Waals surface area contributed by atoms with Gasteiger partial charge in [0, 0.05) is 0 Å². The van der Waals surface area contributed by atoms with Crippen LogP contribution in [-0.4, -0.2) is 38.2 Å². The van der Waals surface area contributed by atoms with Gasteiger partial charge in [0.15, 0.2) is 5.82 Å². The molecule has 2 aromatic rings. The van der Waals surface area contributed by atoms with E-state index >= 15 is 0 Å². The van der Waals surface area contributed by atoms with Gasteiger partial charge < -0.3 is 0 Å². The van der Waals surface area contributed by atoms with Crippen LogP contribution >= 0.6 is 0 Å². The van der Waals surface area contributed by atoms with Crippen LogP contribution in [0.4, 0.5) is 0 Å². The number of rotatable bonds is 3. The molecule has 4 rings (SSSR count). The number of tetrazole rings is 1. The first-order chi connectivity index (χ1) is 11.7. The maximum Gasteiger partial charge on any atom is 0.176 e. The molecule has 2 fully saturated rings. The predicted octanol–water partition coefficient (Wildman–Crippen LogP) is 3.53. The van der Waals surface area contributed by atoms with Crippen LogP contribution in [-0.2, 0) is 5.54 Å². The second-order valence-electron chi connectivity index (χ2n) is 7.42. The van der Waals surface area contributed by atoms with Gasteiger partial charge in [0.1, 0.15) is 0 Å². The molecule has 1 aromatic heterocycles. The molecule has 1 aromatic carbocycles. The van der Waals surface area contributed by atoms with E-state index in [0.29, 0.717) is 0 Å². The Kier molecular flexibility index (Phi) is 4.12. The molecule has 0 unspecified atom stereocenters. The highest BCUT2D eigenvalue weighted by atomic mass is 15.6. The Balaban J connectivity index is 1.83. The first-order valence-corrected chi connectivity index (χ1v) is 9.33. The second kappa shape index (κ2) is 6.28. The molecule has 5 heteroatoms. The van der Waals surface area contributed by atoms with Crippen molar-refractivity contribution in [2.24, 2.45) is 0 Å². The number of nitrogens with zero attached hydrogens (tertiary/aromatic N) is 5. The average Bonchev–Trinajstić information content (AvgIpc) is 3.30. The quantitative estimate of drug-likeness (QED) is 0.866. The van der Waals surface area contributed by atoms with E-state index in [2.05, 4.69) is 52.5 Å². The van der Waals surface area contributed by atoms with E-state index in [4.69, 9.17) is 0 Å². The highest BCUT2D eigenvalue weighted by molar-refractivity contribution is 5.44. The van der Waals surface area contributed by atoms with Crippen molar-refractivity contribution in [2.75, 3.05) is 13.1 Å². The zero-order valence-corrected chi connectivity index (χ0v) is 14.8. The van der Waals surface area contributed by atoms with Gasteiger partial charge in [0.25, 0.3) is 0 Å². The number of hydrogen-bond acceptors (Lipinski definition) is 4. The summed E-state index contributed by atoms with van der Waals surface area (Å²) >= 11 is 0. The van der Waals surface area contributed by atoms with Crippen molar-refractivity contribution in [3.63, 3.8) is 0 Å². The summed E-state index contributed by atoms with van der Waals surface area (Å²) in [7, 11) is 0. The Labute approximate surface area is 144 Å². The third kappa shape index (κ3) is 2.46. The first kappa shape index (κ1) is 15.8. The van der Waals surface area contributed by atoms with Gasteiger partial charge in [0.05, 0.1) is 11.2 Å². The molecule has 5 nitrogen and oxygen atoms in total. The van der Waals surface area contributed by atoms with E-state index in [9.17, 15) is 0 Å². The summed E-state index contributed by atoms with van der Waals surface area (Å²) in [5, 5.41) is 13.1. The van der Waals surface area contributed by atoms with Crippen molar-refractivity contribution < 1.29 is 0 Å². The summed E-state index contributed by atoms with van der Waals surface area (Å²) in [4.78, 5) is 2.67. The topological polar surface area (TPSA) is 46.8 Å². The Morgan fingerprint density at radius 3 is 2.46 bits per heavy atom. The molecule has 1 aliphatic carbocycles. The average molecular weight is 325 g/mol. The molecular formula is C19H27N5. The molecule has 0 amide bonds. The monoisotopic (exact) mass is 325 g/mol. The predicted molar refractivity (Wildman–Crippen MR) is 94.2 cm³/mol. The molecule has 128 valence electrons. The van der Waals surface area contributed by atoms with Crippen LogP contribution in [0.25, 0.3) is 5.69 Å². The van der Waals surface area contributed by atoms with Crippen LogP contribution in [0.1, 0.15) is 61.9 Å². The highest BCUT2D eigenvalue weighted by Crippen LogP contribution is 2.43. The van der Waals surface area contributed by atoms with Gasteiger partial charge in [-0.05, 0) is 80.2 Å². The maximum absolute atomic E-state index is 4.56. The van der Waals surface area contributed by atoms with E-state index in [-0.39, 0.29) is 5.54 Å². The third-order valence-corrected chi connectivity index (χ3v) is 6.08. The summed E-state index contributed by atoms with van der Waals surface area (Å²) in [5.41, 5.74) is 3.69. The molecule has 0 spiro atoms. The highest BCUT2D eigenvalue weighted by Gasteiger charge is 2.45. The van der Waals surface area contributed by atoms with Crippen molar-refractivity contribution >= 4 is 0 Å². The van der Waals surface area contributed by atoms with Crippen LogP contribution < -0.4 is 0 Å². The standard InChI is InChI=1S/C19H27N5/c1-15-9-8-10-17(16(15)2)24-18(20-21-22-24)19(11-4-3-5-12-19)23-13-6-7-14-23/h8-10H,3-7,11-14H2,1-2H3. The number of aromatic nitrogens is 4. The molecule has 0 radical (unpaired) electrons. The fourth-order valence-corrected chi connectivity index (χ4v) is 4.57. The van der Waals surface area contributed by atoms with Crippen molar-refractivity contribution in [1.29, 1.82) is 0 Å². The van der Waals surface area contributed by atoms with Gasteiger partial charge in [-0.25, -0.2) is 0 Å². The van der Waals surface area contributed by atoms with Crippen LogP contribution in [0.15, 0.2) is 18.2 Å². The summed E-state index contributed by atoms with van der Waals surface area (Å²) in [6, 6.07) is 6.40. The van der Waals surface area contributed by atoms with Crippen LogP contribution in [0, 0.1) is 13.8 Å². The number of hydrogen-bond donors (Lipinski definition) is 0. The van der Waals surface area contributed by atoms with Crippen LogP contribution in [0.5, 0.6) is 0 Å². The van der Waals surface area contributed by atoms with Crippen molar-refractivity contribution in [1.82, 2.24) is 25.1 Å². The Hall–Kier alpha value is -1.75. The lowest BCUT2D eigenvalue weighted by Crippen LogP contribution is -2.48. The van der Waals surface area contributed by atoms with Crippen molar-refractivity contribution in [3.8, 4) is 5.69 Å². The second-order valence-corrected chi connectivity index (χ2v) is 7.42. The third-order valence-electron chi connectivity index (χ3n) is 6.08. The first-order valence-electron chi connectivity index (χ1n) is 9.33. The molecule has 2 aliphatic rings. The van der Waals surface area contributed by atoms with E-state index in [1.165, 1.54) is 69.2 Å². The molecule has 0 atom stereocenters. The van der Waals surface area contributed by atoms with Gasteiger partial charge in [-0.2, -0.15) is 4.68 Å². The Bertz CT molecular complexity index is 708. The summed E-state index contributed by atoms with van der Waals surface area (Å²) < 4.78 is 2.02. The fraction of sp³-hybridized carbons (Fsp3) is 0.632. The molecule has 1 aliphatic heterocycles. The minimum absolute atomic E-state index is 0.0223. The number of benzene rings is 1. The van der Waals surface area contributed by atoms with Crippen LogP contribution in [0.3, 0.4) is 0 Å².